The van der Waals surface area contributed by atoms with Gasteiger partial charge in [0, 0.05) is 35.3 Å². The van der Waals surface area contributed by atoms with Crippen LogP contribution in [-0.4, -0.2) is 29.9 Å². The fourth-order valence-corrected chi connectivity index (χ4v) is 4.24. The average molecular weight is 457 g/mol. The number of hydrogen-bond donors (Lipinski definition) is 0. The lowest BCUT2D eigenvalue weighted by atomic mass is 9.83. The van der Waals surface area contributed by atoms with Gasteiger partial charge in [0.15, 0.2) is 11.3 Å². The Balaban J connectivity index is 1.75. The van der Waals surface area contributed by atoms with E-state index >= 15 is 0 Å². The minimum absolute atomic E-state index is 0.0612. The topological polar surface area (TPSA) is 77.3 Å². The number of pyridine rings is 2. The van der Waals surface area contributed by atoms with Gasteiger partial charge < -0.3 is 0 Å². The molecule has 178 valence electrons. The first-order chi connectivity index (χ1) is 15.9. The molecule has 0 fully saturated rings. The summed E-state index contributed by atoms with van der Waals surface area (Å²) in [5, 5.41) is 0. The van der Waals surface area contributed by atoms with Crippen molar-refractivity contribution in [1.29, 1.82) is 0 Å². The largest absolute Gasteiger partial charge is 0.251 e. The van der Waals surface area contributed by atoms with Gasteiger partial charge >= 0.3 is 0 Å². The zero-order valence-corrected chi connectivity index (χ0v) is 21.9. The van der Waals surface area contributed by atoms with E-state index in [2.05, 4.69) is 73.4 Å². The molecule has 0 aliphatic carbocycles. The highest BCUT2D eigenvalue weighted by atomic mass is 14.9. The van der Waals surface area contributed by atoms with E-state index in [0.29, 0.717) is 23.1 Å². The fourth-order valence-electron chi connectivity index (χ4n) is 4.24. The van der Waals surface area contributed by atoms with E-state index < -0.39 is 0 Å². The summed E-state index contributed by atoms with van der Waals surface area (Å²) in [5.74, 6) is 0.686. The molecule has 0 aliphatic heterocycles. The minimum atomic E-state index is -0.273. The van der Waals surface area contributed by atoms with Crippen LogP contribution in [0.1, 0.15) is 102 Å². The summed E-state index contributed by atoms with van der Waals surface area (Å²) >= 11 is 0. The molecule has 0 amide bonds. The molecule has 4 heterocycles. The van der Waals surface area contributed by atoms with Crippen molar-refractivity contribution < 1.29 is 0 Å². The molecule has 0 spiro atoms. The molecule has 34 heavy (non-hydrogen) atoms. The van der Waals surface area contributed by atoms with Crippen molar-refractivity contribution >= 4 is 22.3 Å². The van der Waals surface area contributed by atoms with Crippen molar-refractivity contribution in [1.82, 2.24) is 29.9 Å². The number of nitrogens with zero attached hydrogens (tertiary/aromatic N) is 6. The van der Waals surface area contributed by atoms with Crippen molar-refractivity contribution in [3.63, 3.8) is 0 Å². The molecule has 0 saturated heterocycles. The normalized spacial score (nSPS) is 12.9. The van der Waals surface area contributed by atoms with E-state index in [1.165, 1.54) is 11.1 Å². The molecule has 0 radical (unpaired) electrons. The first kappa shape index (κ1) is 24.1. The van der Waals surface area contributed by atoms with Crippen LogP contribution in [0.5, 0.6) is 0 Å². The lowest BCUT2D eigenvalue weighted by molar-refractivity contribution is 0.498. The number of hydrogen-bond acceptors (Lipinski definition) is 6. The second-order valence-electron chi connectivity index (χ2n) is 11.6. The van der Waals surface area contributed by atoms with Gasteiger partial charge in [-0.25, -0.2) is 24.9 Å². The molecule has 0 unspecified atom stereocenters. The zero-order valence-electron chi connectivity index (χ0n) is 21.9. The van der Waals surface area contributed by atoms with Gasteiger partial charge in [0.1, 0.15) is 11.0 Å². The van der Waals surface area contributed by atoms with Crippen LogP contribution in [-0.2, 0) is 17.3 Å². The molecule has 6 heteroatoms. The van der Waals surface area contributed by atoms with Crippen molar-refractivity contribution in [3.8, 4) is 0 Å². The van der Waals surface area contributed by atoms with E-state index in [0.717, 1.165) is 34.5 Å². The third-order valence-electron chi connectivity index (χ3n) is 6.41. The molecule has 0 bridgehead atoms. The van der Waals surface area contributed by atoms with Crippen molar-refractivity contribution in [3.05, 3.63) is 58.9 Å². The van der Waals surface area contributed by atoms with Crippen molar-refractivity contribution in [2.45, 2.75) is 91.4 Å². The van der Waals surface area contributed by atoms with Crippen LogP contribution in [0.3, 0.4) is 0 Å². The zero-order chi connectivity index (χ0) is 24.8. The Kier molecular flexibility index (Phi) is 6.13. The molecule has 0 atom stereocenters. The van der Waals surface area contributed by atoms with E-state index in [9.17, 15) is 0 Å². The highest BCUT2D eigenvalue weighted by Gasteiger charge is 2.27. The lowest BCUT2D eigenvalue weighted by Gasteiger charge is -2.25. The summed E-state index contributed by atoms with van der Waals surface area (Å²) in [7, 11) is 0. The smallest absolute Gasteiger partial charge is 0.178 e. The standard InChI is InChI=1S/C28H36N6/c1-16(2)19-10-11-29-25-23(19)30-15-22(34-25)28(8,9)13-18-12-20(17(3)4)24-26(32-18)31-14-21(33-24)27(5,6)7/h10-12,14-17H,13H2,1-9H3. The molecule has 4 aromatic heterocycles. The van der Waals surface area contributed by atoms with Gasteiger partial charge in [0.25, 0.3) is 0 Å². The second kappa shape index (κ2) is 8.64. The number of aromatic nitrogens is 6. The number of fused-ring (bicyclic) bond motifs is 2. The Labute approximate surface area is 202 Å². The summed E-state index contributed by atoms with van der Waals surface area (Å²) in [6, 6.07) is 4.23. The quantitative estimate of drug-likeness (QED) is 0.344. The van der Waals surface area contributed by atoms with Crippen LogP contribution < -0.4 is 0 Å². The van der Waals surface area contributed by atoms with Crippen LogP contribution in [0.2, 0.25) is 0 Å². The van der Waals surface area contributed by atoms with Crippen LogP contribution in [0.4, 0.5) is 0 Å². The highest BCUT2D eigenvalue weighted by molar-refractivity contribution is 5.75. The maximum absolute atomic E-state index is 4.96. The van der Waals surface area contributed by atoms with Gasteiger partial charge in [0.2, 0.25) is 0 Å². The maximum atomic E-state index is 4.96. The Morgan fingerprint density at radius 1 is 0.706 bits per heavy atom. The number of rotatable bonds is 5. The van der Waals surface area contributed by atoms with Gasteiger partial charge in [-0.05, 0) is 35.1 Å². The molecule has 0 N–H and O–H groups in total. The van der Waals surface area contributed by atoms with E-state index in [1.54, 1.807) is 0 Å². The first-order valence-corrected chi connectivity index (χ1v) is 12.2. The van der Waals surface area contributed by atoms with E-state index in [1.807, 2.05) is 24.7 Å². The summed E-state index contributed by atoms with van der Waals surface area (Å²) in [5.41, 5.74) is 8.10. The summed E-state index contributed by atoms with van der Waals surface area (Å²) in [4.78, 5) is 28.8. The van der Waals surface area contributed by atoms with Crippen molar-refractivity contribution in [2.24, 2.45) is 0 Å². The predicted octanol–water partition coefficient (Wildman–Crippen LogP) is 6.43. The first-order valence-electron chi connectivity index (χ1n) is 12.2. The summed E-state index contributed by atoms with van der Waals surface area (Å²) in [6.07, 6.45) is 6.31. The van der Waals surface area contributed by atoms with Crippen LogP contribution in [0.25, 0.3) is 22.3 Å². The summed E-state index contributed by atoms with van der Waals surface area (Å²) in [6.45, 7) is 19.6. The average Bonchev–Trinajstić information content (AvgIpc) is 2.76. The van der Waals surface area contributed by atoms with Gasteiger partial charge in [0.05, 0.1) is 17.6 Å². The Morgan fingerprint density at radius 2 is 1.35 bits per heavy atom. The van der Waals surface area contributed by atoms with Gasteiger partial charge in [-0.2, -0.15) is 0 Å². The molecule has 0 aromatic carbocycles. The molecule has 0 saturated carbocycles. The Hall–Kier alpha value is -3.02. The minimum Gasteiger partial charge on any atom is -0.251 e. The van der Waals surface area contributed by atoms with Gasteiger partial charge in [-0.1, -0.05) is 62.3 Å². The SMILES string of the molecule is CC(C)c1ccnc2nc(C(C)(C)Cc3cc(C(C)C)c4nc(C(C)(C)C)cnc4n3)cnc12. The Morgan fingerprint density at radius 3 is 2.00 bits per heavy atom. The molecular weight excluding hydrogens is 420 g/mol. The van der Waals surface area contributed by atoms with Crippen LogP contribution in [0, 0.1) is 0 Å². The molecule has 4 rings (SSSR count). The summed E-state index contributed by atoms with van der Waals surface area (Å²) < 4.78 is 0. The predicted molar refractivity (Wildman–Crippen MR) is 138 cm³/mol. The third-order valence-corrected chi connectivity index (χ3v) is 6.41. The van der Waals surface area contributed by atoms with Gasteiger partial charge in [-0.3, -0.25) is 4.98 Å². The second-order valence-corrected chi connectivity index (χ2v) is 11.6. The highest BCUT2D eigenvalue weighted by Crippen LogP contribution is 2.31. The maximum Gasteiger partial charge on any atom is 0.178 e. The van der Waals surface area contributed by atoms with Crippen LogP contribution in [0.15, 0.2) is 30.7 Å². The molecule has 6 nitrogen and oxygen atoms in total. The Bertz CT molecular complexity index is 1350. The molecule has 0 aliphatic rings. The third kappa shape index (κ3) is 4.63. The van der Waals surface area contributed by atoms with Crippen LogP contribution >= 0.6 is 0 Å². The lowest BCUT2D eigenvalue weighted by Crippen LogP contribution is -2.24. The van der Waals surface area contributed by atoms with Crippen molar-refractivity contribution in [2.75, 3.05) is 0 Å². The monoisotopic (exact) mass is 456 g/mol. The van der Waals surface area contributed by atoms with E-state index in [4.69, 9.17) is 24.9 Å². The molecular formula is C28H36N6. The molecule has 4 aromatic rings. The van der Waals surface area contributed by atoms with E-state index in [-0.39, 0.29) is 10.8 Å². The van der Waals surface area contributed by atoms with Gasteiger partial charge in [-0.15, -0.1) is 0 Å². The fraction of sp³-hybridized carbons (Fsp3) is 0.500.